The Kier molecular flexibility index (Phi) is 6.97. The zero-order chi connectivity index (χ0) is 24.0. The first-order valence-electron chi connectivity index (χ1n) is 11.8. The third-order valence-corrected chi connectivity index (χ3v) is 5.88. The molecule has 0 aliphatic carbocycles. The van der Waals surface area contributed by atoms with Crippen LogP contribution < -0.4 is 20.3 Å². The summed E-state index contributed by atoms with van der Waals surface area (Å²) >= 11 is 0. The molecule has 9 nitrogen and oxygen atoms in total. The van der Waals surface area contributed by atoms with Crippen LogP contribution in [-0.4, -0.2) is 78.3 Å². The maximum atomic E-state index is 5.82. The molecule has 4 aromatic rings. The van der Waals surface area contributed by atoms with Crippen LogP contribution in [0.4, 0.5) is 17.5 Å². The van der Waals surface area contributed by atoms with E-state index in [1.807, 2.05) is 69.0 Å². The van der Waals surface area contributed by atoms with E-state index in [-0.39, 0.29) is 0 Å². The van der Waals surface area contributed by atoms with Gasteiger partial charge in [-0.25, -0.2) is 15.0 Å². The lowest BCUT2D eigenvalue weighted by molar-refractivity contribution is 0.261. The molecule has 1 aliphatic rings. The highest BCUT2D eigenvalue weighted by Gasteiger charge is 2.12. The maximum Gasteiger partial charge on any atom is 0.227 e. The molecule has 0 spiro atoms. The van der Waals surface area contributed by atoms with Gasteiger partial charge >= 0.3 is 0 Å². The van der Waals surface area contributed by atoms with Crippen molar-refractivity contribution in [1.29, 1.82) is 0 Å². The second-order valence-electron chi connectivity index (χ2n) is 8.73. The van der Waals surface area contributed by atoms with Crippen molar-refractivity contribution in [2.45, 2.75) is 0 Å². The molecule has 0 unspecified atom stereocenters. The summed E-state index contributed by atoms with van der Waals surface area (Å²) in [5.74, 6) is 2.33. The standard InChI is InChI=1S/C26H30N8O/c1-33(2)15-16-35-22-6-3-19(4-7-22)24-25-20(9-10-28-24)17-30-26(32-25)31-21-5-8-23(29-18-21)34-13-11-27-12-14-34/h3-10,17-18,27H,11-16H2,1-2H3,(H,30,31,32). The Hall–Kier alpha value is -3.82. The van der Waals surface area contributed by atoms with Crippen molar-refractivity contribution in [3.63, 3.8) is 0 Å². The molecule has 1 aromatic carbocycles. The van der Waals surface area contributed by atoms with Gasteiger partial charge < -0.3 is 25.2 Å². The fraction of sp³-hybridized carbons (Fsp3) is 0.308. The van der Waals surface area contributed by atoms with E-state index < -0.39 is 0 Å². The Labute approximate surface area is 205 Å². The van der Waals surface area contributed by atoms with Crippen LogP contribution in [0.5, 0.6) is 5.75 Å². The Morgan fingerprint density at radius 2 is 1.80 bits per heavy atom. The number of pyridine rings is 2. The fourth-order valence-electron chi connectivity index (χ4n) is 3.95. The number of aromatic nitrogens is 4. The normalized spacial score (nSPS) is 13.9. The second-order valence-corrected chi connectivity index (χ2v) is 8.73. The van der Waals surface area contributed by atoms with Gasteiger partial charge in [-0.2, -0.15) is 0 Å². The third kappa shape index (κ3) is 5.64. The van der Waals surface area contributed by atoms with Crippen molar-refractivity contribution >= 4 is 28.4 Å². The predicted octanol–water partition coefficient (Wildman–Crippen LogP) is 3.18. The zero-order valence-electron chi connectivity index (χ0n) is 20.1. The van der Waals surface area contributed by atoms with E-state index in [1.54, 1.807) is 6.20 Å². The smallest absolute Gasteiger partial charge is 0.227 e. The van der Waals surface area contributed by atoms with Gasteiger partial charge in [-0.1, -0.05) is 0 Å². The van der Waals surface area contributed by atoms with Crippen molar-refractivity contribution in [1.82, 2.24) is 30.2 Å². The molecule has 180 valence electrons. The third-order valence-electron chi connectivity index (χ3n) is 5.88. The number of anilines is 3. The second kappa shape index (κ2) is 10.6. The number of piperazine rings is 1. The molecule has 9 heteroatoms. The lowest BCUT2D eigenvalue weighted by Gasteiger charge is -2.28. The van der Waals surface area contributed by atoms with Crippen LogP contribution in [0.2, 0.25) is 0 Å². The SMILES string of the molecule is CN(C)CCOc1ccc(-c2nccc3cnc(Nc4ccc(N5CCNCC5)nc4)nc23)cc1. The van der Waals surface area contributed by atoms with E-state index in [2.05, 4.69) is 35.4 Å². The first-order valence-corrected chi connectivity index (χ1v) is 11.8. The first kappa shape index (κ1) is 22.9. The van der Waals surface area contributed by atoms with Crippen LogP contribution in [0, 0.1) is 0 Å². The van der Waals surface area contributed by atoms with Gasteiger partial charge in [-0.05, 0) is 56.6 Å². The van der Waals surface area contributed by atoms with Gasteiger partial charge in [-0.15, -0.1) is 0 Å². The summed E-state index contributed by atoms with van der Waals surface area (Å²) < 4.78 is 5.82. The van der Waals surface area contributed by atoms with Crippen LogP contribution in [0.1, 0.15) is 0 Å². The molecule has 5 rings (SSSR count). The Morgan fingerprint density at radius 3 is 2.54 bits per heavy atom. The van der Waals surface area contributed by atoms with Crippen molar-refractivity contribution < 1.29 is 4.74 Å². The summed E-state index contributed by atoms with van der Waals surface area (Å²) in [6.45, 7) is 5.41. The van der Waals surface area contributed by atoms with Gasteiger partial charge in [0.15, 0.2) is 0 Å². The van der Waals surface area contributed by atoms with Gasteiger partial charge in [0.2, 0.25) is 5.95 Å². The number of hydrogen-bond donors (Lipinski definition) is 2. The molecule has 0 atom stereocenters. The molecule has 4 heterocycles. The Morgan fingerprint density at radius 1 is 0.971 bits per heavy atom. The van der Waals surface area contributed by atoms with E-state index >= 15 is 0 Å². The largest absolute Gasteiger partial charge is 0.492 e. The lowest BCUT2D eigenvalue weighted by atomic mass is 10.1. The highest BCUT2D eigenvalue weighted by molar-refractivity contribution is 5.91. The van der Waals surface area contributed by atoms with E-state index in [1.165, 1.54) is 0 Å². The zero-order valence-corrected chi connectivity index (χ0v) is 20.1. The van der Waals surface area contributed by atoms with Gasteiger partial charge in [0, 0.05) is 56.1 Å². The molecule has 0 bridgehead atoms. The summed E-state index contributed by atoms with van der Waals surface area (Å²) in [7, 11) is 4.06. The van der Waals surface area contributed by atoms with Gasteiger partial charge in [0.25, 0.3) is 0 Å². The number of nitrogens with one attached hydrogen (secondary N) is 2. The number of hydrogen-bond acceptors (Lipinski definition) is 9. The van der Waals surface area contributed by atoms with Gasteiger partial charge in [-0.3, -0.25) is 4.98 Å². The maximum absolute atomic E-state index is 5.82. The molecular weight excluding hydrogens is 440 g/mol. The molecule has 1 saturated heterocycles. The van der Waals surface area contributed by atoms with E-state index in [0.29, 0.717) is 12.6 Å². The van der Waals surface area contributed by atoms with E-state index in [0.717, 1.165) is 72.1 Å². The van der Waals surface area contributed by atoms with Crippen LogP contribution >= 0.6 is 0 Å². The predicted molar refractivity (Wildman–Crippen MR) is 139 cm³/mol. The first-order chi connectivity index (χ1) is 17.2. The van der Waals surface area contributed by atoms with Crippen LogP contribution in [0.25, 0.3) is 22.2 Å². The fourth-order valence-corrected chi connectivity index (χ4v) is 3.95. The molecule has 1 aliphatic heterocycles. The van der Waals surface area contributed by atoms with Crippen LogP contribution in [0.3, 0.4) is 0 Å². The van der Waals surface area contributed by atoms with Crippen molar-refractivity contribution in [2.75, 3.05) is 63.6 Å². The van der Waals surface area contributed by atoms with Crippen molar-refractivity contribution in [2.24, 2.45) is 0 Å². The number of fused-ring (bicyclic) bond motifs is 1. The summed E-state index contributed by atoms with van der Waals surface area (Å²) in [5.41, 5.74) is 3.41. The number of nitrogens with zero attached hydrogens (tertiary/aromatic N) is 6. The Balaban J connectivity index is 1.33. The molecule has 35 heavy (non-hydrogen) atoms. The van der Waals surface area contributed by atoms with Crippen LogP contribution in [-0.2, 0) is 0 Å². The minimum Gasteiger partial charge on any atom is -0.492 e. The highest BCUT2D eigenvalue weighted by atomic mass is 16.5. The molecule has 0 amide bonds. The molecule has 3 aromatic heterocycles. The van der Waals surface area contributed by atoms with Gasteiger partial charge in [0.05, 0.1) is 17.6 Å². The Bertz CT molecular complexity index is 1250. The van der Waals surface area contributed by atoms with E-state index in [4.69, 9.17) is 9.72 Å². The number of benzene rings is 1. The van der Waals surface area contributed by atoms with Crippen molar-refractivity contribution in [3.05, 3.63) is 61.1 Å². The molecular formula is C26H30N8O. The number of likely N-dealkylation sites (N-methyl/N-ethyl adjacent to an activating group) is 1. The van der Waals surface area contributed by atoms with Crippen LogP contribution in [0.15, 0.2) is 61.1 Å². The van der Waals surface area contributed by atoms with Crippen molar-refractivity contribution in [3.8, 4) is 17.0 Å². The number of ether oxygens (including phenoxy) is 1. The minimum absolute atomic E-state index is 0.507. The minimum atomic E-state index is 0.507. The van der Waals surface area contributed by atoms with E-state index in [9.17, 15) is 0 Å². The summed E-state index contributed by atoms with van der Waals surface area (Å²) in [6, 6.07) is 13.9. The highest BCUT2D eigenvalue weighted by Crippen LogP contribution is 2.27. The average molecular weight is 471 g/mol. The molecule has 2 N–H and O–H groups in total. The molecule has 1 fully saturated rings. The lowest BCUT2D eigenvalue weighted by Crippen LogP contribution is -2.43. The quantitative estimate of drug-likeness (QED) is 0.403. The summed E-state index contributed by atoms with van der Waals surface area (Å²) in [4.78, 5) is 22.9. The summed E-state index contributed by atoms with van der Waals surface area (Å²) in [5, 5.41) is 7.57. The monoisotopic (exact) mass is 470 g/mol. The van der Waals surface area contributed by atoms with Gasteiger partial charge in [0.1, 0.15) is 23.7 Å². The molecule has 0 radical (unpaired) electrons. The number of rotatable bonds is 8. The summed E-state index contributed by atoms with van der Waals surface area (Å²) in [6.07, 6.45) is 5.43. The molecule has 0 saturated carbocycles. The average Bonchev–Trinajstić information content (AvgIpc) is 2.89. The topological polar surface area (TPSA) is 91.3 Å².